The molecule has 1 aliphatic rings. The molecule has 0 fully saturated rings. The maximum Gasteiger partial charge on any atom is 0.136 e. The lowest BCUT2D eigenvalue weighted by molar-refractivity contribution is 0.660. The van der Waals surface area contributed by atoms with E-state index in [0.29, 0.717) is 0 Å². The molecule has 9 rings (SSSR count). The van der Waals surface area contributed by atoms with Crippen molar-refractivity contribution in [2.75, 3.05) is 4.90 Å². The summed E-state index contributed by atoms with van der Waals surface area (Å²) in [6.45, 7) is 4.69. The lowest BCUT2D eigenvalue weighted by atomic mass is 9.82. The number of fused-ring (bicyclic) bond motifs is 7. The highest BCUT2D eigenvalue weighted by atomic mass is 16.3. The second kappa shape index (κ2) is 9.70. The molecular weight excluding hydrogens is 546 g/mol. The normalized spacial score (nSPS) is 13.3. The molecule has 1 aromatic heterocycles. The third-order valence-electron chi connectivity index (χ3n) is 9.63. The second-order valence-electron chi connectivity index (χ2n) is 12.6. The maximum atomic E-state index is 6.35. The zero-order valence-electron chi connectivity index (χ0n) is 25.3. The van der Waals surface area contributed by atoms with Gasteiger partial charge >= 0.3 is 0 Å². The highest BCUT2D eigenvalue weighted by Crippen LogP contribution is 2.51. The largest absolute Gasteiger partial charge is 0.456 e. The van der Waals surface area contributed by atoms with Crippen molar-refractivity contribution in [3.05, 3.63) is 163 Å². The van der Waals surface area contributed by atoms with Gasteiger partial charge in [-0.2, -0.15) is 0 Å². The Bertz CT molecular complexity index is 2410. The topological polar surface area (TPSA) is 16.4 Å². The van der Waals surface area contributed by atoms with Crippen molar-refractivity contribution in [2.45, 2.75) is 19.3 Å². The molecule has 214 valence electrons. The first-order valence-electron chi connectivity index (χ1n) is 15.6. The number of hydrogen-bond donors (Lipinski definition) is 0. The van der Waals surface area contributed by atoms with Gasteiger partial charge in [0.05, 0.1) is 5.69 Å². The number of hydrogen-bond acceptors (Lipinski definition) is 2. The first kappa shape index (κ1) is 25.9. The van der Waals surface area contributed by atoms with Crippen molar-refractivity contribution in [1.82, 2.24) is 0 Å². The molecule has 0 unspecified atom stereocenters. The first-order chi connectivity index (χ1) is 22.1. The van der Waals surface area contributed by atoms with E-state index in [1.807, 2.05) is 0 Å². The number of benzene rings is 7. The third kappa shape index (κ3) is 3.96. The van der Waals surface area contributed by atoms with Crippen molar-refractivity contribution in [3.63, 3.8) is 0 Å². The van der Waals surface area contributed by atoms with E-state index in [1.165, 1.54) is 38.6 Å². The molecule has 0 atom stereocenters. The fourth-order valence-corrected chi connectivity index (χ4v) is 7.38. The monoisotopic (exact) mass is 577 g/mol. The van der Waals surface area contributed by atoms with Crippen LogP contribution in [0.15, 0.2) is 156 Å². The standard InChI is InChI=1S/C43H31NO/c1-43(2)38-18-10-8-17-34(38)35-22-21-32(27-39(35)43)44(31-14-4-3-5-15-31)40-19-11-9-16-33(40)30-20-23-41-36(25-30)37-24-28-12-6-7-13-29(28)26-42(37)45-41/h3-27H,1-2H3. The third-order valence-corrected chi connectivity index (χ3v) is 9.63. The molecule has 7 aromatic carbocycles. The minimum Gasteiger partial charge on any atom is -0.456 e. The molecule has 45 heavy (non-hydrogen) atoms. The number of rotatable bonds is 4. The summed E-state index contributed by atoms with van der Waals surface area (Å²) in [6, 6.07) is 54.8. The van der Waals surface area contributed by atoms with Crippen LogP contribution >= 0.6 is 0 Å². The van der Waals surface area contributed by atoms with E-state index in [9.17, 15) is 0 Å². The van der Waals surface area contributed by atoms with Gasteiger partial charge in [-0.25, -0.2) is 0 Å². The van der Waals surface area contributed by atoms with Crippen molar-refractivity contribution in [1.29, 1.82) is 0 Å². The van der Waals surface area contributed by atoms with Crippen molar-refractivity contribution in [3.8, 4) is 22.3 Å². The van der Waals surface area contributed by atoms with Crippen LogP contribution in [-0.2, 0) is 5.41 Å². The van der Waals surface area contributed by atoms with Crippen molar-refractivity contribution in [2.24, 2.45) is 0 Å². The summed E-state index contributed by atoms with van der Waals surface area (Å²) in [5.74, 6) is 0. The van der Waals surface area contributed by atoms with Gasteiger partial charge in [-0.1, -0.05) is 111 Å². The zero-order valence-corrected chi connectivity index (χ0v) is 25.3. The molecule has 2 heteroatoms. The highest BCUT2D eigenvalue weighted by Gasteiger charge is 2.35. The second-order valence-corrected chi connectivity index (χ2v) is 12.6. The zero-order chi connectivity index (χ0) is 30.1. The van der Waals surface area contributed by atoms with Crippen LogP contribution in [0.2, 0.25) is 0 Å². The average Bonchev–Trinajstić information content (AvgIpc) is 3.55. The average molecular weight is 578 g/mol. The quantitative estimate of drug-likeness (QED) is 0.207. The molecule has 8 aromatic rings. The molecule has 1 aliphatic carbocycles. The Hall–Kier alpha value is -5.60. The van der Waals surface area contributed by atoms with E-state index in [1.54, 1.807) is 0 Å². The Balaban J connectivity index is 1.23. The molecule has 0 bridgehead atoms. The SMILES string of the molecule is CC1(C)c2ccccc2-c2ccc(N(c3ccccc3)c3ccccc3-c3ccc4oc5cc6ccccc6cc5c4c3)cc21. The van der Waals surface area contributed by atoms with Crippen LogP contribution < -0.4 is 4.90 Å². The number of nitrogens with zero attached hydrogens (tertiary/aromatic N) is 1. The van der Waals surface area contributed by atoms with E-state index in [0.717, 1.165) is 44.6 Å². The molecule has 2 nitrogen and oxygen atoms in total. The van der Waals surface area contributed by atoms with Crippen molar-refractivity contribution < 1.29 is 4.42 Å². The fourth-order valence-electron chi connectivity index (χ4n) is 7.38. The Morgan fingerprint density at radius 1 is 0.467 bits per heavy atom. The van der Waals surface area contributed by atoms with E-state index < -0.39 is 0 Å². The van der Waals surface area contributed by atoms with Crippen LogP contribution in [0.1, 0.15) is 25.0 Å². The summed E-state index contributed by atoms with van der Waals surface area (Å²) in [4.78, 5) is 2.40. The van der Waals surface area contributed by atoms with E-state index >= 15 is 0 Å². The Morgan fingerprint density at radius 2 is 1.13 bits per heavy atom. The summed E-state index contributed by atoms with van der Waals surface area (Å²) in [7, 11) is 0. The van der Waals surface area contributed by atoms with Gasteiger partial charge in [0.2, 0.25) is 0 Å². The Morgan fingerprint density at radius 3 is 1.98 bits per heavy atom. The van der Waals surface area contributed by atoms with E-state index in [-0.39, 0.29) is 5.41 Å². The minimum absolute atomic E-state index is 0.0820. The van der Waals surface area contributed by atoms with Crippen LogP contribution in [0.5, 0.6) is 0 Å². The molecule has 0 N–H and O–H groups in total. The molecule has 0 spiro atoms. The Labute approximate surface area is 262 Å². The molecule has 0 aliphatic heterocycles. The smallest absolute Gasteiger partial charge is 0.136 e. The summed E-state index contributed by atoms with van der Waals surface area (Å²) in [5.41, 5.74) is 12.9. The highest BCUT2D eigenvalue weighted by molar-refractivity contribution is 6.11. The lowest BCUT2D eigenvalue weighted by Crippen LogP contribution is -2.16. The Kier molecular flexibility index (Phi) is 5.58. The van der Waals surface area contributed by atoms with Gasteiger partial charge in [0, 0.05) is 33.1 Å². The van der Waals surface area contributed by atoms with Gasteiger partial charge in [-0.15, -0.1) is 0 Å². The number of furan rings is 1. The van der Waals surface area contributed by atoms with Crippen LogP contribution in [0.3, 0.4) is 0 Å². The summed E-state index contributed by atoms with van der Waals surface area (Å²) in [5, 5.41) is 4.68. The van der Waals surface area contributed by atoms with E-state index in [4.69, 9.17) is 4.42 Å². The molecular formula is C43H31NO. The van der Waals surface area contributed by atoms with Gasteiger partial charge in [-0.3, -0.25) is 0 Å². The van der Waals surface area contributed by atoms with E-state index in [2.05, 4.69) is 170 Å². The van der Waals surface area contributed by atoms with Gasteiger partial charge in [0.25, 0.3) is 0 Å². The maximum absolute atomic E-state index is 6.35. The predicted molar refractivity (Wildman–Crippen MR) is 189 cm³/mol. The van der Waals surface area contributed by atoms with Crippen LogP contribution in [-0.4, -0.2) is 0 Å². The first-order valence-corrected chi connectivity index (χ1v) is 15.6. The molecule has 1 heterocycles. The number of para-hydroxylation sites is 2. The van der Waals surface area contributed by atoms with Gasteiger partial charge in [0.1, 0.15) is 11.2 Å². The number of anilines is 3. The lowest BCUT2D eigenvalue weighted by Gasteiger charge is -2.29. The minimum atomic E-state index is -0.0820. The van der Waals surface area contributed by atoms with Gasteiger partial charge in [-0.05, 0) is 93.2 Å². The molecule has 0 radical (unpaired) electrons. The predicted octanol–water partition coefficient (Wildman–Crippen LogP) is 12.2. The van der Waals surface area contributed by atoms with Crippen LogP contribution in [0, 0.1) is 0 Å². The van der Waals surface area contributed by atoms with Crippen LogP contribution in [0.4, 0.5) is 17.1 Å². The molecule has 0 saturated carbocycles. The van der Waals surface area contributed by atoms with Crippen molar-refractivity contribution >= 4 is 49.8 Å². The van der Waals surface area contributed by atoms with Crippen LogP contribution in [0.25, 0.3) is 55.0 Å². The van der Waals surface area contributed by atoms with Gasteiger partial charge < -0.3 is 9.32 Å². The summed E-state index contributed by atoms with van der Waals surface area (Å²) in [6.07, 6.45) is 0. The molecule has 0 saturated heterocycles. The molecule has 0 amide bonds. The van der Waals surface area contributed by atoms with Gasteiger partial charge in [0.15, 0.2) is 0 Å². The fraction of sp³-hybridized carbons (Fsp3) is 0.0698. The summed E-state index contributed by atoms with van der Waals surface area (Å²) >= 11 is 0. The summed E-state index contributed by atoms with van der Waals surface area (Å²) < 4.78 is 6.35.